The first-order chi connectivity index (χ1) is 16.8. The van der Waals surface area contributed by atoms with Crippen LogP contribution >= 0.6 is 0 Å². The second-order valence-electron chi connectivity index (χ2n) is 8.41. The molecule has 0 amide bonds. The normalized spacial score (nSPS) is 11.1. The van der Waals surface area contributed by atoms with Gasteiger partial charge >= 0.3 is 11.9 Å². The van der Waals surface area contributed by atoms with Crippen molar-refractivity contribution in [1.29, 1.82) is 0 Å². The maximum absolute atomic E-state index is 13.8. The van der Waals surface area contributed by atoms with Crippen LogP contribution < -0.4 is 9.47 Å². The van der Waals surface area contributed by atoms with Gasteiger partial charge in [0.2, 0.25) is 0 Å². The van der Waals surface area contributed by atoms with E-state index >= 15 is 0 Å². The first-order valence-electron chi connectivity index (χ1n) is 10.9. The van der Waals surface area contributed by atoms with Gasteiger partial charge in [-0.05, 0) is 59.7 Å². The van der Waals surface area contributed by atoms with E-state index in [1.54, 1.807) is 36.4 Å². The van der Waals surface area contributed by atoms with Gasteiger partial charge in [0, 0.05) is 5.41 Å². The van der Waals surface area contributed by atoms with Crippen LogP contribution in [0.4, 0.5) is 8.78 Å². The SMILES string of the molecule is CC(C)(c1ccc(OC(=O)c2ccccc2F)cc1)c1ccc(OC(=O)c2ccccc2F)cc1. The van der Waals surface area contributed by atoms with Gasteiger partial charge in [0.25, 0.3) is 0 Å². The zero-order valence-electron chi connectivity index (χ0n) is 19.1. The highest BCUT2D eigenvalue weighted by atomic mass is 19.1. The molecule has 0 aliphatic heterocycles. The molecule has 0 bridgehead atoms. The molecule has 176 valence electrons. The third-order valence-corrected chi connectivity index (χ3v) is 5.76. The highest BCUT2D eigenvalue weighted by Crippen LogP contribution is 2.33. The van der Waals surface area contributed by atoms with E-state index < -0.39 is 29.0 Å². The molecule has 0 heterocycles. The van der Waals surface area contributed by atoms with Gasteiger partial charge in [0.1, 0.15) is 23.1 Å². The minimum absolute atomic E-state index is 0.132. The fourth-order valence-electron chi connectivity index (χ4n) is 3.62. The first kappa shape index (κ1) is 23.8. The van der Waals surface area contributed by atoms with E-state index in [0.717, 1.165) is 11.1 Å². The van der Waals surface area contributed by atoms with Crippen LogP contribution in [0.3, 0.4) is 0 Å². The zero-order valence-corrected chi connectivity index (χ0v) is 19.1. The quantitative estimate of drug-likeness (QED) is 0.231. The molecule has 4 rings (SSSR count). The lowest BCUT2D eigenvalue weighted by Crippen LogP contribution is -2.19. The second kappa shape index (κ2) is 9.89. The van der Waals surface area contributed by atoms with Gasteiger partial charge in [-0.2, -0.15) is 0 Å². The Morgan fingerprint density at radius 1 is 0.571 bits per heavy atom. The van der Waals surface area contributed by atoms with E-state index in [-0.39, 0.29) is 11.1 Å². The smallest absolute Gasteiger partial charge is 0.346 e. The summed E-state index contributed by atoms with van der Waals surface area (Å²) in [6.45, 7) is 4.04. The number of rotatable bonds is 6. The Labute approximate surface area is 201 Å². The van der Waals surface area contributed by atoms with Gasteiger partial charge in [-0.15, -0.1) is 0 Å². The van der Waals surface area contributed by atoms with Crippen molar-refractivity contribution in [3.8, 4) is 11.5 Å². The lowest BCUT2D eigenvalue weighted by Gasteiger charge is -2.26. The van der Waals surface area contributed by atoms with E-state index in [1.807, 2.05) is 38.1 Å². The van der Waals surface area contributed by atoms with E-state index in [4.69, 9.17) is 9.47 Å². The molecule has 0 aromatic heterocycles. The minimum atomic E-state index is -0.768. The Morgan fingerprint density at radius 3 is 1.26 bits per heavy atom. The van der Waals surface area contributed by atoms with Gasteiger partial charge in [-0.25, -0.2) is 18.4 Å². The van der Waals surface area contributed by atoms with E-state index in [1.165, 1.54) is 36.4 Å². The zero-order chi connectivity index (χ0) is 25.0. The molecule has 0 saturated carbocycles. The van der Waals surface area contributed by atoms with Crippen LogP contribution in [0.1, 0.15) is 45.7 Å². The molecule has 0 unspecified atom stereocenters. The number of hydrogen-bond acceptors (Lipinski definition) is 4. The molecular formula is C29H22F2O4. The summed E-state index contributed by atoms with van der Waals surface area (Å²) < 4.78 is 38.2. The number of ether oxygens (including phenoxy) is 2. The van der Waals surface area contributed by atoms with E-state index in [9.17, 15) is 18.4 Å². The predicted molar refractivity (Wildman–Crippen MR) is 128 cm³/mol. The Balaban J connectivity index is 1.45. The standard InChI is InChI=1S/C29H22F2O4/c1-29(2,19-11-15-21(16-12-19)34-27(32)23-7-3-5-9-25(23)30)20-13-17-22(18-14-20)35-28(33)24-8-4-6-10-26(24)31/h3-18H,1-2H3. The molecular weight excluding hydrogens is 450 g/mol. The summed E-state index contributed by atoms with van der Waals surface area (Å²) in [6, 6.07) is 25.2. The van der Waals surface area contributed by atoms with Crippen molar-refractivity contribution in [3.63, 3.8) is 0 Å². The first-order valence-corrected chi connectivity index (χ1v) is 10.9. The third kappa shape index (κ3) is 5.27. The summed E-state index contributed by atoms with van der Waals surface area (Å²) in [5, 5.41) is 0. The summed E-state index contributed by atoms with van der Waals surface area (Å²) in [7, 11) is 0. The van der Waals surface area contributed by atoms with Crippen molar-refractivity contribution in [2.45, 2.75) is 19.3 Å². The largest absolute Gasteiger partial charge is 0.423 e. The second-order valence-corrected chi connectivity index (χ2v) is 8.41. The molecule has 0 fully saturated rings. The van der Waals surface area contributed by atoms with Crippen molar-refractivity contribution in [1.82, 2.24) is 0 Å². The summed E-state index contributed by atoms with van der Waals surface area (Å²) in [6.07, 6.45) is 0. The molecule has 4 aromatic carbocycles. The molecule has 0 aliphatic rings. The number of benzene rings is 4. The Bertz CT molecular complexity index is 1260. The summed E-state index contributed by atoms with van der Waals surface area (Å²) in [5.74, 6) is -2.22. The van der Waals surface area contributed by atoms with Crippen LogP contribution in [0.25, 0.3) is 0 Å². The molecule has 0 N–H and O–H groups in total. The molecule has 6 heteroatoms. The monoisotopic (exact) mass is 472 g/mol. The third-order valence-electron chi connectivity index (χ3n) is 5.76. The highest BCUT2D eigenvalue weighted by Gasteiger charge is 2.24. The average molecular weight is 472 g/mol. The van der Waals surface area contributed by atoms with Crippen LogP contribution in [0.15, 0.2) is 97.1 Å². The summed E-state index contributed by atoms with van der Waals surface area (Å²) in [5.41, 5.74) is 1.20. The van der Waals surface area contributed by atoms with Crippen molar-refractivity contribution >= 4 is 11.9 Å². The van der Waals surface area contributed by atoms with Crippen LogP contribution in [-0.2, 0) is 5.41 Å². The Kier molecular flexibility index (Phi) is 6.73. The van der Waals surface area contributed by atoms with Gasteiger partial charge in [0.15, 0.2) is 0 Å². The van der Waals surface area contributed by atoms with Crippen LogP contribution in [-0.4, -0.2) is 11.9 Å². The van der Waals surface area contributed by atoms with Crippen molar-refractivity contribution in [2.24, 2.45) is 0 Å². The highest BCUT2D eigenvalue weighted by molar-refractivity contribution is 5.91. The molecule has 0 spiro atoms. The van der Waals surface area contributed by atoms with Gasteiger partial charge < -0.3 is 9.47 Å². The van der Waals surface area contributed by atoms with Gasteiger partial charge in [-0.1, -0.05) is 62.4 Å². The number of esters is 2. The number of carbonyl (C=O) groups excluding carboxylic acids is 2. The maximum Gasteiger partial charge on any atom is 0.346 e. The van der Waals surface area contributed by atoms with E-state index in [2.05, 4.69) is 0 Å². The van der Waals surface area contributed by atoms with Crippen molar-refractivity contribution in [3.05, 3.63) is 131 Å². The van der Waals surface area contributed by atoms with Crippen LogP contribution in [0.5, 0.6) is 11.5 Å². The molecule has 35 heavy (non-hydrogen) atoms. The molecule has 0 radical (unpaired) electrons. The van der Waals surface area contributed by atoms with Crippen molar-refractivity contribution in [2.75, 3.05) is 0 Å². The summed E-state index contributed by atoms with van der Waals surface area (Å²) in [4.78, 5) is 24.5. The lowest BCUT2D eigenvalue weighted by atomic mass is 9.78. The topological polar surface area (TPSA) is 52.6 Å². The van der Waals surface area contributed by atoms with Crippen LogP contribution in [0.2, 0.25) is 0 Å². The number of halogens is 2. The molecule has 0 atom stereocenters. The fourth-order valence-corrected chi connectivity index (χ4v) is 3.62. The molecule has 4 nitrogen and oxygen atoms in total. The predicted octanol–water partition coefficient (Wildman–Crippen LogP) is 6.73. The van der Waals surface area contributed by atoms with Crippen LogP contribution in [0, 0.1) is 11.6 Å². The lowest BCUT2D eigenvalue weighted by molar-refractivity contribution is 0.0720. The van der Waals surface area contributed by atoms with Crippen molar-refractivity contribution < 1.29 is 27.8 Å². The Morgan fingerprint density at radius 2 is 0.914 bits per heavy atom. The minimum Gasteiger partial charge on any atom is -0.423 e. The molecule has 0 saturated heterocycles. The van der Waals surface area contributed by atoms with Gasteiger partial charge in [0.05, 0.1) is 11.1 Å². The Hall–Kier alpha value is -4.32. The van der Waals surface area contributed by atoms with Gasteiger partial charge in [-0.3, -0.25) is 0 Å². The summed E-state index contributed by atoms with van der Waals surface area (Å²) >= 11 is 0. The number of hydrogen-bond donors (Lipinski definition) is 0. The van der Waals surface area contributed by atoms with E-state index in [0.29, 0.717) is 11.5 Å². The average Bonchev–Trinajstić information content (AvgIpc) is 2.85. The fraction of sp³-hybridized carbons (Fsp3) is 0.103. The number of carbonyl (C=O) groups is 2. The molecule has 4 aromatic rings. The molecule has 0 aliphatic carbocycles. The maximum atomic E-state index is 13.8.